The molecule has 0 radical (unpaired) electrons. The highest BCUT2D eigenvalue weighted by Crippen LogP contribution is 2.23. The molecule has 5 nitrogen and oxygen atoms in total. The molecule has 5 heteroatoms. The molecule has 0 unspecified atom stereocenters. The molecule has 2 saturated heterocycles. The Morgan fingerprint density at radius 3 is 2.30 bits per heavy atom. The molecule has 0 aliphatic carbocycles. The predicted octanol–water partition coefficient (Wildman–Crippen LogP) is 1.48. The van der Waals surface area contributed by atoms with Crippen molar-refractivity contribution in [2.45, 2.75) is 44.9 Å². The van der Waals surface area contributed by atoms with E-state index in [0.717, 1.165) is 45.4 Å². The molecule has 0 aromatic carbocycles. The summed E-state index contributed by atoms with van der Waals surface area (Å²) in [7, 11) is 0. The SMILES string of the molecule is O=C(O)CC1CCN(C(=O)CCC2CCNCC2)CC1. The van der Waals surface area contributed by atoms with E-state index in [1.165, 1.54) is 12.8 Å². The molecule has 0 aromatic rings. The van der Waals surface area contributed by atoms with Crippen molar-refractivity contribution in [1.29, 1.82) is 0 Å². The van der Waals surface area contributed by atoms with E-state index < -0.39 is 5.97 Å². The van der Waals surface area contributed by atoms with Crippen molar-refractivity contribution < 1.29 is 14.7 Å². The fraction of sp³-hybridized carbons (Fsp3) is 0.867. The van der Waals surface area contributed by atoms with Gasteiger partial charge >= 0.3 is 5.97 Å². The maximum Gasteiger partial charge on any atom is 0.303 e. The number of aliphatic carboxylic acids is 1. The number of piperidine rings is 2. The molecule has 0 bridgehead atoms. The van der Waals surface area contributed by atoms with Crippen LogP contribution in [0.5, 0.6) is 0 Å². The van der Waals surface area contributed by atoms with Crippen molar-refractivity contribution >= 4 is 11.9 Å². The third-order valence-corrected chi connectivity index (χ3v) is 4.66. The van der Waals surface area contributed by atoms with Crippen LogP contribution in [0.15, 0.2) is 0 Å². The summed E-state index contributed by atoms with van der Waals surface area (Å²) >= 11 is 0. The monoisotopic (exact) mass is 282 g/mol. The lowest BCUT2D eigenvalue weighted by Crippen LogP contribution is -2.39. The summed E-state index contributed by atoms with van der Waals surface area (Å²) in [5, 5.41) is 12.1. The first kappa shape index (κ1) is 15.3. The minimum atomic E-state index is -0.722. The van der Waals surface area contributed by atoms with Crippen LogP contribution in [-0.2, 0) is 9.59 Å². The molecule has 2 N–H and O–H groups in total. The topological polar surface area (TPSA) is 69.6 Å². The van der Waals surface area contributed by atoms with Crippen LogP contribution >= 0.6 is 0 Å². The van der Waals surface area contributed by atoms with Crippen LogP contribution in [-0.4, -0.2) is 48.1 Å². The number of hydrogen-bond donors (Lipinski definition) is 2. The second kappa shape index (κ2) is 7.62. The minimum absolute atomic E-state index is 0.247. The Morgan fingerprint density at radius 2 is 1.70 bits per heavy atom. The van der Waals surface area contributed by atoms with Crippen molar-refractivity contribution in [3.05, 3.63) is 0 Å². The lowest BCUT2D eigenvalue weighted by atomic mass is 9.91. The summed E-state index contributed by atoms with van der Waals surface area (Å²) in [6.07, 6.45) is 5.97. The first-order chi connectivity index (χ1) is 9.65. The molecule has 0 spiro atoms. The first-order valence-electron chi connectivity index (χ1n) is 7.85. The van der Waals surface area contributed by atoms with Gasteiger partial charge in [0, 0.05) is 25.9 Å². The number of carbonyl (C=O) groups is 2. The van der Waals surface area contributed by atoms with E-state index in [1.807, 2.05) is 4.90 Å². The van der Waals surface area contributed by atoms with Gasteiger partial charge in [0.25, 0.3) is 0 Å². The van der Waals surface area contributed by atoms with Gasteiger partial charge in [-0.3, -0.25) is 9.59 Å². The van der Waals surface area contributed by atoms with Gasteiger partial charge in [-0.15, -0.1) is 0 Å². The average molecular weight is 282 g/mol. The Balaban J connectivity index is 1.65. The Labute approximate surface area is 120 Å². The summed E-state index contributed by atoms with van der Waals surface area (Å²) in [6, 6.07) is 0. The van der Waals surface area contributed by atoms with Gasteiger partial charge in [-0.1, -0.05) is 0 Å². The van der Waals surface area contributed by atoms with Crippen LogP contribution in [0.4, 0.5) is 0 Å². The highest BCUT2D eigenvalue weighted by molar-refractivity contribution is 5.76. The Morgan fingerprint density at radius 1 is 1.05 bits per heavy atom. The van der Waals surface area contributed by atoms with Gasteiger partial charge in [-0.2, -0.15) is 0 Å². The van der Waals surface area contributed by atoms with E-state index in [0.29, 0.717) is 12.3 Å². The number of amides is 1. The molecule has 2 aliphatic rings. The van der Waals surface area contributed by atoms with Gasteiger partial charge in [-0.25, -0.2) is 0 Å². The van der Waals surface area contributed by atoms with Gasteiger partial charge in [0.2, 0.25) is 5.91 Å². The molecule has 2 fully saturated rings. The number of likely N-dealkylation sites (tertiary alicyclic amines) is 1. The van der Waals surface area contributed by atoms with Crippen LogP contribution in [0, 0.1) is 11.8 Å². The van der Waals surface area contributed by atoms with Gasteiger partial charge in [0.1, 0.15) is 0 Å². The lowest BCUT2D eigenvalue weighted by Gasteiger charge is -2.32. The van der Waals surface area contributed by atoms with E-state index >= 15 is 0 Å². The standard InChI is InChI=1S/C15H26N2O3/c18-14(2-1-12-3-7-16-8-4-12)17-9-5-13(6-10-17)11-15(19)20/h12-13,16H,1-11H2,(H,19,20). The number of carbonyl (C=O) groups excluding carboxylic acids is 1. The molecule has 20 heavy (non-hydrogen) atoms. The van der Waals surface area contributed by atoms with E-state index in [1.54, 1.807) is 0 Å². The molecule has 2 heterocycles. The largest absolute Gasteiger partial charge is 0.481 e. The predicted molar refractivity (Wildman–Crippen MR) is 76.4 cm³/mol. The van der Waals surface area contributed by atoms with Gasteiger partial charge < -0.3 is 15.3 Å². The fourth-order valence-corrected chi connectivity index (χ4v) is 3.29. The molecule has 0 saturated carbocycles. The van der Waals surface area contributed by atoms with Gasteiger partial charge in [0.15, 0.2) is 0 Å². The number of rotatable bonds is 5. The Bertz CT molecular complexity index is 332. The molecular formula is C15H26N2O3. The number of nitrogens with zero attached hydrogens (tertiary/aromatic N) is 1. The highest BCUT2D eigenvalue weighted by atomic mass is 16.4. The van der Waals surface area contributed by atoms with Crippen LogP contribution in [0.3, 0.4) is 0 Å². The maximum atomic E-state index is 12.2. The van der Waals surface area contributed by atoms with E-state index in [4.69, 9.17) is 5.11 Å². The summed E-state index contributed by atoms with van der Waals surface area (Å²) in [4.78, 5) is 24.8. The smallest absolute Gasteiger partial charge is 0.303 e. The summed E-state index contributed by atoms with van der Waals surface area (Å²) < 4.78 is 0. The van der Waals surface area contributed by atoms with Crippen LogP contribution in [0.1, 0.15) is 44.9 Å². The lowest BCUT2D eigenvalue weighted by molar-refractivity contribution is -0.138. The van der Waals surface area contributed by atoms with Gasteiger partial charge in [0.05, 0.1) is 0 Å². The van der Waals surface area contributed by atoms with Crippen LogP contribution in [0.2, 0.25) is 0 Å². The Kier molecular flexibility index (Phi) is 5.83. The fourth-order valence-electron chi connectivity index (χ4n) is 3.29. The van der Waals surface area contributed by atoms with E-state index in [-0.39, 0.29) is 18.2 Å². The zero-order valence-electron chi connectivity index (χ0n) is 12.1. The average Bonchev–Trinajstić information content (AvgIpc) is 2.46. The normalized spacial score (nSPS) is 21.9. The third-order valence-electron chi connectivity index (χ3n) is 4.66. The molecular weight excluding hydrogens is 256 g/mol. The molecule has 114 valence electrons. The molecule has 2 aliphatic heterocycles. The zero-order chi connectivity index (χ0) is 14.4. The molecule has 1 amide bonds. The molecule has 0 aromatic heterocycles. The number of nitrogens with one attached hydrogen (secondary N) is 1. The van der Waals surface area contributed by atoms with E-state index in [9.17, 15) is 9.59 Å². The summed E-state index contributed by atoms with van der Waals surface area (Å²) in [5.74, 6) is 0.490. The van der Waals surface area contributed by atoms with Gasteiger partial charge in [-0.05, 0) is 57.0 Å². The quantitative estimate of drug-likeness (QED) is 0.801. The molecule has 2 rings (SSSR count). The maximum absolute atomic E-state index is 12.2. The number of carboxylic acid groups (broad SMARTS) is 1. The van der Waals surface area contributed by atoms with Crippen molar-refractivity contribution in [3.8, 4) is 0 Å². The zero-order valence-corrected chi connectivity index (χ0v) is 12.1. The van der Waals surface area contributed by atoms with Crippen molar-refractivity contribution in [2.75, 3.05) is 26.2 Å². The second-order valence-electron chi connectivity index (χ2n) is 6.15. The van der Waals surface area contributed by atoms with Crippen molar-refractivity contribution in [1.82, 2.24) is 10.2 Å². The van der Waals surface area contributed by atoms with Crippen molar-refractivity contribution in [2.24, 2.45) is 11.8 Å². The molecule has 0 atom stereocenters. The minimum Gasteiger partial charge on any atom is -0.481 e. The Hall–Kier alpha value is -1.10. The van der Waals surface area contributed by atoms with Crippen LogP contribution in [0.25, 0.3) is 0 Å². The summed E-state index contributed by atoms with van der Waals surface area (Å²) in [6.45, 7) is 3.64. The van der Waals surface area contributed by atoms with Crippen molar-refractivity contribution in [3.63, 3.8) is 0 Å². The van der Waals surface area contributed by atoms with Crippen LogP contribution < -0.4 is 5.32 Å². The second-order valence-corrected chi connectivity index (χ2v) is 6.15. The first-order valence-corrected chi connectivity index (χ1v) is 7.85. The highest BCUT2D eigenvalue weighted by Gasteiger charge is 2.24. The number of carboxylic acids is 1. The summed E-state index contributed by atoms with van der Waals surface area (Å²) in [5.41, 5.74) is 0. The van der Waals surface area contributed by atoms with E-state index in [2.05, 4.69) is 5.32 Å². The third kappa shape index (κ3) is 4.78. The number of hydrogen-bond acceptors (Lipinski definition) is 3.